The van der Waals surface area contributed by atoms with Crippen molar-refractivity contribution in [3.63, 3.8) is 0 Å². The Morgan fingerprint density at radius 3 is 2.55 bits per heavy atom. The fraction of sp³-hybridized carbons (Fsp3) is 0.588. The molecule has 0 spiro atoms. The van der Waals surface area contributed by atoms with Crippen LogP contribution in [0.2, 0.25) is 0 Å². The first-order valence-corrected chi connectivity index (χ1v) is 7.59. The molecule has 1 aromatic carbocycles. The molecule has 3 heteroatoms. The Balaban J connectivity index is 2.22. The Hall–Kier alpha value is -1.35. The summed E-state index contributed by atoms with van der Waals surface area (Å²) < 4.78 is 2.11. The second-order valence-electron chi connectivity index (χ2n) is 6.53. The Labute approximate surface area is 122 Å². The third kappa shape index (κ3) is 3.04. The Morgan fingerprint density at radius 1 is 1.25 bits per heavy atom. The SMILES string of the molecule is CCn1nc(CCC(NC)C(C)(C)C)c2ccccc21. The second-order valence-corrected chi connectivity index (χ2v) is 6.53. The largest absolute Gasteiger partial charge is 0.316 e. The van der Waals surface area contributed by atoms with E-state index >= 15 is 0 Å². The van der Waals surface area contributed by atoms with Crippen LogP contribution in [0.1, 0.15) is 39.8 Å². The number of hydrogen-bond acceptors (Lipinski definition) is 2. The molecular weight excluding hydrogens is 246 g/mol. The van der Waals surface area contributed by atoms with E-state index in [0.717, 1.165) is 19.4 Å². The highest BCUT2D eigenvalue weighted by atomic mass is 15.3. The maximum atomic E-state index is 4.79. The minimum atomic E-state index is 0.276. The van der Waals surface area contributed by atoms with Crippen LogP contribution in [0.15, 0.2) is 24.3 Å². The Morgan fingerprint density at radius 2 is 1.95 bits per heavy atom. The second kappa shape index (κ2) is 5.96. The Bertz CT molecular complexity index is 563. The molecule has 0 amide bonds. The van der Waals surface area contributed by atoms with Gasteiger partial charge in [-0.25, -0.2) is 0 Å². The van der Waals surface area contributed by atoms with Crippen molar-refractivity contribution < 1.29 is 0 Å². The lowest BCUT2D eigenvalue weighted by Crippen LogP contribution is -2.38. The molecule has 1 atom stereocenters. The van der Waals surface area contributed by atoms with E-state index in [4.69, 9.17) is 5.10 Å². The molecule has 1 unspecified atom stereocenters. The molecule has 2 rings (SSSR count). The fourth-order valence-electron chi connectivity index (χ4n) is 2.91. The Kier molecular flexibility index (Phi) is 4.48. The monoisotopic (exact) mass is 273 g/mol. The topological polar surface area (TPSA) is 29.9 Å². The van der Waals surface area contributed by atoms with Gasteiger partial charge in [0, 0.05) is 18.0 Å². The molecule has 0 saturated heterocycles. The van der Waals surface area contributed by atoms with Crippen molar-refractivity contribution in [2.75, 3.05) is 7.05 Å². The van der Waals surface area contributed by atoms with Gasteiger partial charge < -0.3 is 5.32 Å². The zero-order valence-corrected chi connectivity index (χ0v) is 13.4. The van der Waals surface area contributed by atoms with Gasteiger partial charge in [-0.3, -0.25) is 4.68 Å². The minimum Gasteiger partial charge on any atom is -0.316 e. The minimum absolute atomic E-state index is 0.276. The number of aryl methyl sites for hydroxylation is 2. The van der Waals surface area contributed by atoms with Crippen molar-refractivity contribution in [2.45, 2.75) is 53.1 Å². The van der Waals surface area contributed by atoms with Crippen LogP contribution >= 0.6 is 0 Å². The number of para-hydroxylation sites is 1. The normalized spacial score (nSPS) is 13.8. The first-order chi connectivity index (χ1) is 9.47. The highest BCUT2D eigenvalue weighted by Gasteiger charge is 2.23. The molecule has 0 fully saturated rings. The molecule has 0 radical (unpaired) electrons. The first-order valence-electron chi connectivity index (χ1n) is 7.59. The molecule has 0 aliphatic rings. The average molecular weight is 273 g/mol. The maximum absolute atomic E-state index is 4.79. The number of fused-ring (bicyclic) bond motifs is 1. The van der Waals surface area contributed by atoms with E-state index in [1.807, 2.05) is 0 Å². The van der Waals surface area contributed by atoms with Crippen LogP contribution in [0.25, 0.3) is 10.9 Å². The van der Waals surface area contributed by atoms with Crippen molar-refractivity contribution in [3.8, 4) is 0 Å². The number of nitrogens with zero attached hydrogens (tertiary/aromatic N) is 2. The summed E-state index contributed by atoms with van der Waals surface area (Å²) in [6, 6.07) is 9.05. The van der Waals surface area contributed by atoms with Crippen LogP contribution < -0.4 is 5.32 Å². The molecule has 0 bridgehead atoms. The van der Waals surface area contributed by atoms with E-state index in [-0.39, 0.29) is 5.41 Å². The lowest BCUT2D eigenvalue weighted by atomic mass is 9.84. The van der Waals surface area contributed by atoms with Gasteiger partial charge in [0.25, 0.3) is 0 Å². The molecule has 1 aromatic heterocycles. The molecule has 0 aliphatic carbocycles. The van der Waals surface area contributed by atoms with Gasteiger partial charge in [-0.05, 0) is 38.3 Å². The van der Waals surface area contributed by atoms with Crippen LogP contribution in [0.4, 0.5) is 0 Å². The fourth-order valence-corrected chi connectivity index (χ4v) is 2.91. The zero-order valence-electron chi connectivity index (χ0n) is 13.4. The van der Waals surface area contributed by atoms with Gasteiger partial charge in [-0.1, -0.05) is 39.0 Å². The van der Waals surface area contributed by atoms with Crippen molar-refractivity contribution >= 4 is 10.9 Å². The molecule has 3 nitrogen and oxygen atoms in total. The van der Waals surface area contributed by atoms with E-state index in [1.165, 1.54) is 16.6 Å². The summed E-state index contributed by atoms with van der Waals surface area (Å²) in [5, 5.41) is 9.54. The van der Waals surface area contributed by atoms with Crippen LogP contribution in [0.5, 0.6) is 0 Å². The zero-order chi connectivity index (χ0) is 14.8. The molecule has 2 aromatic rings. The van der Waals surface area contributed by atoms with Gasteiger partial charge in [-0.2, -0.15) is 5.10 Å². The van der Waals surface area contributed by atoms with Gasteiger partial charge in [0.05, 0.1) is 11.2 Å². The molecule has 1 N–H and O–H groups in total. The first kappa shape index (κ1) is 15.0. The van der Waals surface area contributed by atoms with Gasteiger partial charge in [0.2, 0.25) is 0 Å². The quantitative estimate of drug-likeness (QED) is 0.901. The van der Waals surface area contributed by atoms with Crippen LogP contribution in [0, 0.1) is 5.41 Å². The number of aromatic nitrogens is 2. The number of rotatable bonds is 5. The highest BCUT2D eigenvalue weighted by molar-refractivity contribution is 5.81. The number of benzene rings is 1. The molecule has 20 heavy (non-hydrogen) atoms. The number of nitrogens with one attached hydrogen (secondary N) is 1. The summed E-state index contributed by atoms with van der Waals surface area (Å²) in [6.07, 6.45) is 2.14. The smallest absolute Gasteiger partial charge is 0.0703 e. The lowest BCUT2D eigenvalue weighted by Gasteiger charge is -2.30. The van der Waals surface area contributed by atoms with Gasteiger partial charge >= 0.3 is 0 Å². The van der Waals surface area contributed by atoms with Crippen LogP contribution in [-0.2, 0) is 13.0 Å². The molecule has 0 aliphatic heterocycles. The lowest BCUT2D eigenvalue weighted by molar-refractivity contribution is 0.267. The van der Waals surface area contributed by atoms with Crippen molar-refractivity contribution in [1.29, 1.82) is 0 Å². The molecular formula is C17H27N3. The molecule has 1 heterocycles. The van der Waals surface area contributed by atoms with Crippen molar-refractivity contribution in [3.05, 3.63) is 30.0 Å². The predicted molar refractivity (Wildman–Crippen MR) is 86.0 cm³/mol. The maximum Gasteiger partial charge on any atom is 0.0703 e. The average Bonchev–Trinajstić information content (AvgIpc) is 2.76. The van der Waals surface area contributed by atoms with Gasteiger partial charge in [-0.15, -0.1) is 0 Å². The summed E-state index contributed by atoms with van der Waals surface area (Å²) in [4.78, 5) is 0. The molecule has 110 valence electrons. The predicted octanol–water partition coefficient (Wildman–Crippen LogP) is 3.62. The van der Waals surface area contributed by atoms with E-state index in [2.05, 4.69) is 69.0 Å². The summed E-state index contributed by atoms with van der Waals surface area (Å²) in [7, 11) is 2.05. The van der Waals surface area contributed by atoms with Crippen molar-refractivity contribution in [1.82, 2.24) is 15.1 Å². The van der Waals surface area contributed by atoms with E-state index in [1.54, 1.807) is 0 Å². The molecule has 0 saturated carbocycles. The van der Waals surface area contributed by atoms with Crippen LogP contribution in [0.3, 0.4) is 0 Å². The van der Waals surface area contributed by atoms with Crippen molar-refractivity contribution in [2.24, 2.45) is 5.41 Å². The highest BCUT2D eigenvalue weighted by Crippen LogP contribution is 2.25. The summed E-state index contributed by atoms with van der Waals surface area (Å²) >= 11 is 0. The summed E-state index contributed by atoms with van der Waals surface area (Å²) in [5.41, 5.74) is 2.76. The third-order valence-corrected chi connectivity index (χ3v) is 4.10. The summed E-state index contributed by atoms with van der Waals surface area (Å²) in [5.74, 6) is 0. The van der Waals surface area contributed by atoms with Gasteiger partial charge in [0.15, 0.2) is 0 Å². The van der Waals surface area contributed by atoms with E-state index < -0.39 is 0 Å². The standard InChI is InChI=1S/C17H27N3/c1-6-20-15-10-8-7-9-13(15)14(19-20)11-12-16(18-5)17(2,3)4/h7-10,16,18H,6,11-12H2,1-5H3. The number of hydrogen-bond donors (Lipinski definition) is 1. The third-order valence-electron chi connectivity index (χ3n) is 4.10. The van der Waals surface area contributed by atoms with Crippen LogP contribution in [-0.4, -0.2) is 22.9 Å². The van der Waals surface area contributed by atoms with Gasteiger partial charge in [0.1, 0.15) is 0 Å². The van der Waals surface area contributed by atoms with E-state index in [9.17, 15) is 0 Å². The van der Waals surface area contributed by atoms with E-state index in [0.29, 0.717) is 6.04 Å². The summed E-state index contributed by atoms with van der Waals surface area (Å²) in [6.45, 7) is 9.94.